The van der Waals surface area contributed by atoms with E-state index in [0.29, 0.717) is 6.42 Å². The van der Waals surface area contributed by atoms with Gasteiger partial charge in [0.15, 0.2) is 6.23 Å². The molecule has 23 heavy (non-hydrogen) atoms. The lowest BCUT2D eigenvalue weighted by molar-refractivity contribution is -0.0541. The molecular weight excluding hydrogens is 329 g/mol. The Morgan fingerprint density at radius 2 is 2.17 bits per heavy atom. The normalized spacial score (nSPS) is 30.3. The molecule has 0 radical (unpaired) electrons. The average Bonchev–Trinajstić information content (AvgIpc) is 2.84. The monoisotopic (exact) mass is 349 g/mol. The molecule has 1 fully saturated rings. The zero-order valence-corrected chi connectivity index (χ0v) is 13.9. The van der Waals surface area contributed by atoms with E-state index in [1.807, 2.05) is 6.92 Å². The Bertz CT molecular complexity index is 652. The molecule has 0 saturated carbocycles. The maximum Gasteiger partial charge on any atom is 0.472 e. The maximum absolute atomic E-state index is 12.0. The fourth-order valence-electron chi connectivity index (χ4n) is 2.45. The summed E-state index contributed by atoms with van der Waals surface area (Å²) in [6.07, 6.45) is -1.24. The van der Waals surface area contributed by atoms with E-state index in [-0.39, 0.29) is 5.82 Å². The van der Waals surface area contributed by atoms with Gasteiger partial charge in [0.2, 0.25) is 0 Å². The van der Waals surface area contributed by atoms with E-state index in [4.69, 9.17) is 19.7 Å². The van der Waals surface area contributed by atoms with Crippen molar-refractivity contribution in [2.75, 3.05) is 20.0 Å². The number of rotatable bonds is 6. The molecule has 5 atom stereocenters. The SMILES string of the molecule is CC[C@H]1O[C@@H](n2ccc(N)nc2=O)[C@@H](OC)C1OP(=O)(O)OC. The maximum atomic E-state index is 12.0. The van der Waals surface area contributed by atoms with Gasteiger partial charge in [-0.1, -0.05) is 6.92 Å². The first-order chi connectivity index (χ1) is 10.8. The zero-order valence-electron chi connectivity index (χ0n) is 13.0. The van der Waals surface area contributed by atoms with Crippen LogP contribution in [-0.2, 0) is 23.1 Å². The van der Waals surface area contributed by atoms with Gasteiger partial charge in [0.25, 0.3) is 0 Å². The van der Waals surface area contributed by atoms with Crippen molar-refractivity contribution in [1.82, 2.24) is 9.55 Å². The van der Waals surface area contributed by atoms with Gasteiger partial charge in [-0.2, -0.15) is 4.98 Å². The number of aromatic nitrogens is 2. The molecule has 0 aliphatic carbocycles. The van der Waals surface area contributed by atoms with E-state index in [2.05, 4.69) is 9.51 Å². The Hall–Kier alpha value is -1.29. The van der Waals surface area contributed by atoms with Crippen LogP contribution in [0, 0.1) is 0 Å². The standard InChI is InChI=1S/C12H20N3O7P/c1-4-7-9(22-23(17,18)20-3)10(19-2)11(21-7)15-6-5-8(13)14-12(15)16/h5-7,9-11H,4H2,1-3H3,(H,17,18)(H2,13,14,16)/t7-,9?,10+,11-/m1/s1. The van der Waals surface area contributed by atoms with Crippen LogP contribution in [0.4, 0.5) is 5.82 Å². The lowest BCUT2D eigenvalue weighted by atomic mass is 10.1. The van der Waals surface area contributed by atoms with Crippen LogP contribution >= 0.6 is 7.82 Å². The van der Waals surface area contributed by atoms with Gasteiger partial charge in [-0.15, -0.1) is 0 Å². The van der Waals surface area contributed by atoms with Crippen LogP contribution in [0.2, 0.25) is 0 Å². The van der Waals surface area contributed by atoms with Crippen LogP contribution in [0.5, 0.6) is 0 Å². The average molecular weight is 349 g/mol. The van der Waals surface area contributed by atoms with Crippen LogP contribution in [0.25, 0.3) is 0 Å². The molecule has 0 aromatic carbocycles. The number of nitrogens with zero attached hydrogens (tertiary/aromatic N) is 2. The van der Waals surface area contributed by atoms with Crippen LogP contribution < -0.4 is 11.4 Å². The van der Waals surface area contributed by atoms with E-state index in [1.54, 1.807) is 0 Å². The highest BCUT2D eigenvalue weighted by atomic mass is 31.2. The van der Waals surface area contributed by atoms with Crippen molar-refractivity contribution in [3.63, 3.8) is 0 Å². The van der Waals surface area contributed by atoms with Gasteiger partial charge in [-0.05, 0) is 12.5 Å². The van der Waals surface area contributed by atoms with Crippen molar-refractivity contribution in [2.24, 2.45) is 0 Å². The van der Waals surface area contributed by atoms with Crippen LogP contribution in [0.3, 0.4) is 0 Å². The first-order valence-electron chi connectivity index (χ1n) is 6.92. The summed E-state index contributed by atoms with van der Waals surface area (Å²) in [5.41, 5.74) is 4.85. The number of phosphoric ester groups is 1. The second-order valence-electron chi connectivity index (χ2n) is 4.94. The number of methoxy groups -OCH3 is 1. The molecule has 0 spiro atoms. The van der Waals surface area contributed by atoms with Crippen molar-refractivity contribution < 1.29 is 28.0 Å². The molecule has 1 aromatic rings. The van der Waals surface area contributed by atoms with Crippen molar-refractivity contribution in [3.8, 4) is 0 Å². The second kappa shape index (κ2) is 7.08. The molecule has 10 nitrogen and oxygen atoms in total. The predicted octanol–water partition coefficient (Wildman–Crippen LogP) is 0.280. The van der Waals surface area contributed by atoms with Gasteiger partial charge >= 0.3 is 13.5 Å². The second-order valence-corrected chi connectivity index (χ2v) is 6.45. The number of hydrogen-bond acceptors (Lipinski definition) is 8. The third-order valence-electron chi connectivity index (χ3n) is 3.57. The predicted molar refractivity (Wildman–Crippen MR) is 79.6 cm³/mol. The lowest BCUT2D eigenvalue weighted by Gasteiger charge is -2.24. The Morgan fingerprint density at radius 1 is 1.48 bits per heavy atom. The Kier molecular flexibility index (Phi) is 5.56. The minimum Gasteiger partial charge on any atom is -0.383 e. The highest BCUT2D eigenvalue weighted by Crippen LogP contribution is 2.48. The summed E-state index contributed by atoms with van der Waals surface area (Å²) in [5, 5.41) is 0. The summed E-state index contributed by atoms with van der Waals surface area (Å²) in [4.78, 5) is 25.2. The molecule has 3 N–H and O–H groups in total. The fourth-order valence-corrected chi connectivity index (χ4v) is 3.10. The fraction of sp³-hybridized carbons (Fsp3) is 0.667. The Balaban J connectivity index is 2.35. The van der Waals surface area contributed by atoms with E-state index >= 15 is 0 Å². The van der Waals surface area contributed by atoms with Crippen LogP contribution in [0.1, 0.15) is 19.6 Å². The number of nitrogen functional groups attached to an aromatic ring is 1. The zero-order chi connectivity index (χ0) is 17.2. The van der Waals surface area contributed by atoms with E-state index in [9.17, 15) is 14.3 Å². The first-order valence-corrected chi connectivity index (χ1v) is 8.42. The topological polar surface area (TPSA) is 135 Å². The van der Waals surface area contributed by atoms with Gasteiger partial charge in [0.1, 0.15) is 18.0 Å². The van der Waals surface area contributed by atoms with E-state index < -0.39 is 38.1 Å². The Morgan fingerprint density at radius 3 is 2.70 bits per heavy atom. The van der Waals surface area contributed by atoms with Crippen LogP contribution in [-0.4, -0.2) is 47.0 Å². The summed E-state index contributed by atoms with van der Waals surface area (Å²) in [5.74, 6) is 0.0808. The third-order valence-corrected chi connectivity index (χ3v) is 4.54. The largest absolute Gasteiger partial charge is 0.472 e. The third kappa shape index (κ3) is 3.79. The number of anilines is 1. The quantitative estimate of drug-likeness (QED) is 0.694. The van der Waals surface area contributed by atoms with Gasteiger partial charge in [0.05, 0.1) is 6.10 Å². The van der Waals surface area contributed by atoms with E-state index in [1.165, 1.54) is 23.9 Å². The van der Waals surface area contributed by atoms with Crippen molar-refractivity contribution in [2.45, 2.75) is 37.9 Å². The Labute approximate surface area is 132 Å². The summed E-state index contributed by atoms with van der Waals surface area (Å²) in [6, 6.07) is 1.44. The number of phosphoric acid groups is 1. The smallest absolute Gasteiger partial charge is 0.383 e. The molecule has 0 amide bonds. The highest BCUT2D eigenvalue weighted by Gasteiger charge is 2.49. The number of hydrogen-bond donors (Lipinski definition) is 2. The highest BCUT2D eigenvalue weighted by molar-refractivity contribution is 7.47. The number of ether oxygens (including phenoxy) is 2. The lowest BCUT2D eigenvalue weighted by Crippen LogP contribution is -2.38. The minimum absolute atomic E-state index is 0.0808. The summed E-state index contributed by atoms with van der Waals surface area (Å²) in [6.45, 7) is 1.81. The molecule has 2 heterocycles. The molecule has 2 unspecified atom stereocenters. The molecule has 1 saturated heterocycles. The summed E-state index contributed by atoms with van der Waals surface area (Å²) < 4.78 is 33.6. The molecule has 1 aliphatic heterocycles. The molecule has 11 heteroatoms. The van der Waals surface area contributed by atoms with Crippen molar-refractivity contribution in [3.05, 3.63) is 22.7 Å². The minimum atomic E-state index is -4.24. The number of nitrogens with two attached hydrogens (primary N) is 1. The van der Waals surface area contributed by atoms with Crippen LogP contribution in [0.15, 0.2) is 17.1 Å². The molecular formula is C12H20N3O7P. The van der Waals surface area contributed by atoms with Gasteiger partial charge < -0.3 is 20.1 Å². The van der Waals surface area contributed by atoms with E-state index in [0.717, 1.165) is 7.11 Å². The van der Waals surface area contributed by atoms with Gasteiger partial charge in [0, 0.05) is 20.4 Å². The first kappa shape index (κ1) is 18.1. The molecule has 1 aliphatic rings. The van der Waals surface area contributed by atoms with Gasteiger partial charge in [-0.3, -0.25) is 13.6 Å². The molecule has 0 bridgehead atoms. The summed E-state index contributed by atoms with van der Waals surface area (Å²) in [7, 11) is -1.79. The summed E-state index contributed by atoms with van der Waals surface area (Å²) >= 11 is 0. The molecule has 2 rings (SSSR count). The van der Waals surface area contributed by atoms with Gasteiger partial charge in [-0.25, -0.2) is 9.36 Å². The molecule has 1 aromatic heterocycles. The molecule has 130 valence electrons. The van der Waals surface area contributed by atoms with Crippen molar-refractivity contribution >= 4 is 13.6 Å². The van der Waals surface area contributed by atoms with Crippen molar-refractivity contribution in [1.29, 1.82) is 0 Å².